The molecule has 1 aromatic rings. The maximum Gasteiger partial charge on any atom is 0.189 e. The van der Waals surface area contributed by atoms with Crippen LogP contribution in [0.2, 0.25) is 0 Å². The van der Waals surface area contributed by atoms with E-state index in [1.807, 2.05) is 31.2 Å². The highest BCUT2D eigenvalue weighted by molar-refractivity contribution is 7.80. The lowest BCUT2D eigenvalue weighted by Gasteiger charge is -2.32. The standard InChI is InChI=1S/C14H20O3S.H2O/c1-12-3-5-13(6-4-12)18(15)17-11-14(2)7-9-16-10-8-14;/h3-6H,7-11H2,1-2H3;1H2. The Morgan fingerprint density at radius 1 is 1.26 bits per heavy atom. The van der Waals surface area contributed by atoms with Gasteiger partial charge in [-0.15, -0.1) is 0 Å². The predicted octanol–water partition coefficient (Wildman–Crippen LogP) is 2.03. The molecule has 1 atom stereocenters. The summed E-state index contributed by atoms with van der Waals surface area (Å²) < 4.78 is 22.9. The van der Waals surface area contributed by atoms with Crippen LogP contribution in [-0.2, 0) is 20.0 Å². The molecule has 2 rings (SSSR count). The fourth-order valence-electron chi connectivity index (χ4n) is 1.92. The molecule has 1 aliphatic rings. The molecule has 4 nitrogen and oxygen atoms in total. The SMILES string of the molecule is Cc1ccc(S(=O)OCC2(C)CCOCC2)cc1.O. The predicted molar refractivity (Wildman–Crippen MR) is 75.3 cm³/mol. The van der Waals surface area contributed by atoms with Crippen molar-refractivity contribution >= 4 is 11.1 Å². The number of rotatable bonds is 4. The van der Waals surface area contributed by atoms with Crippen LogP contribution in [0.5, 0.6) is 0 Å². The summed E-state index contributed by atoms with van der Waals surface area (Å²) in [5.41, 5.74) is 1.26. The lowest BCUT2D eigenvalue weighted by molar-refractivity contribution is 0.00277. The van der Waals surface area contributed by atoms with Crippen LogP contribution in [0.15, 0.2) is 29.2 Å². The fourth-order valence-corrected chi connectivity index (χ4v) is 2.81. The molecule has 1 saturated heterocycles. The monoisotopic (exact) mass is 286 g/mol. The second kappa shape index (κ2) is 7.14. The van der Waals surface area contributed by atoms with Gasteiger partial charge in [0.05, 0.1) is 11.5 Å². The average Bonchev–Trinajstić information content (AvgIpc) is 2.38. The highest BCUT2D eigenvalue weighted by Gasteiger charge is 2.28. The summed E-state index contributed by atoms with van der Waals surface area (Å²) in [4.78, 5) is 0.733. The Morgan fingerprint density at radius 2 is 1.84 bits per heavy atom. The highest BCUT2D eigenvalue weighted by Crippen LogP contribution is 2.30. The first-order valence-corrected chi connectivity index (χ1v) is 7.36. The molecule has 0 bridgehead atoms. The summed E-state index contributed by atoms with van der Waals surface area (Å²) in [6, 6.07) is 7.62. The van der Waals surface area contributed by atoms with Gasteiger partial charge in [0, 0.05) is 13.2 Å². The van der Waals surface area contributed by atoms with E-state index < -0.39 is 11.1 Å². The lowest BCUT2D eigenvalue weighted by Crippen LogP contribution is -2.31. The van der Waals surface area contributed by atoms with Crippen LogP contribution < -0.4 is 0 Å². The highest BCUT2D eigenvalue weighted by atomic mass is 32.2. The average molecular weight is 286 g/mol. The zero-order valence-corrected chi connectivity index (χ0v) is 12.3. The van der Waals surface area contributed by atoms with Crippen molar-refractivity contribution < 1.29 is 18.6 Å². The quantitative estimate of drug-likeness (QED) is 0.850. The second-order valence-electron chi connectivity index (χ2n) is 5.23. The summed E-state index contributed by atoms with van der Waals surface area (Å²) in [7, 11) is 0. The Labute approximate surface area is 117 Å². The number of benzene rings is 1. The van der Waals surface area contributed by atoms with E-state index in [2.05, 4.69) is 6.92 Å². The van der Waals surface area contributed by atoms with Gasteiger partial charge in [0.2, 0.25) is 0 Å². The molecular formula is C14H22O4S. The van der Waals surface area contributed by atoms with Gasteiger partial charge in [0.25, 0.3) is 0 Å². The van der Waals surface area contributed by atoms with Crippen molar-refractivity contribution in [2.24, 2.45) is 5.41 Å². The van der Waals surface area contributed by atoms with Gasteiger partial charge in [-0.3, -0.25) is 4.18 Å². The topological polar surface area (TPSA) is 67.0 Å². The number of hydrogen-bond donors (Lipinski definition) is 0. The Bertz CT molecular complexity index is 410. The van der Waals surface area contributed by atoms with Gasteiger partial charge in [-0.1, -0.05) is 24.6 Å². The first kappa shape index (κ1) is 16.3. The molecule has 0 aromatic heterocycles. The van der Waals surface area contributed by atoms with Crippen molar-refractivity contribution in [2.45, 2.75) is 31.6 Å². The van der Waals surface area contributed by atoms with E-state index in [1.165, 1.54) is 0 Å². The van der Waals surface area contributed by atoms with E-state index in [9.17, 15) is 4.21 Å². The van der Waals surface area contributed by atoms with Gasteiger partial charge in [0.1, 0.15) is 0 Å². The summed E-state index contributed by atoms with van der Waals surface area (Å²) in [6.45, 7) is 6.25. The van der Waals surface area contributed by atoms with Crippen LogP contribution in [0.1, 0.15) is 25.3 Å². The summed E-state index contributed by atoms with van der Waals surface area (Å²) >= 11 is -1.36. The van der Waals surface area contributed by atoms with Gasteiger partial charge in [-0.25, -0.2) is 4.21 Å². The first-order chi connectivity index (χ1) is 8.59. The Balaban J connectivity index is 0.00000180. The molecule has 0 amide bonds. The third-order valence-electron chi connectivity index (χ3n) is 3.43. The molecule has 5 heteroatoms. The van der Waals surface area contributed by atoms with Gasteiger partial charge in [-0.2, -0.15) is 0 Å². The van der Waals surface area contributed by atoms with Crippen LogP contribution in [0.4, 0.5) is 0 Å². The van der Waals surface area contributed by atoms with Gasteiger partial charge in [-0.05, 0) is 37.3 Å². The Morgan fingerprint density at radius 3 is 2.42 bits per heavy atom. The first-order valence-electron chi connectivity index (χ1n) is 6.29. The van der Waals surface area contributed by atoms with Crippen molar-refractivity contribution in [1.29, 1.82) is 0 Å². The minimum atomic E-state index is -1.36. The summed E-state index contributed by atoms with van der Waals surface area (Å²) in [6.07, 6.45) is 1.94. The maximum absolute atomic E-state index is 12.0. The largest absolute Gasteiger partial charge is 0.412 e. The van der Waals surface area contributed by atoms with Crippen LogP contribution in [0.25, 0.3) is 0 Å². The smallest absolute Gasteiger partial charge is 0.189 e. The van der Waals surface area contributed by atoms with Crippen LogP contribution in [0, 0.1) is 12.3 Å². The molecule has 0 aliphatic carbocycles. The van der Waals surface area contributed by atoms with E-state index in [-0.39, 0.29) is 10.9 Å². The molecule has 1 unspecified atom stereocenters. The maximum atomic E-state index is 12.0. The molecule has 108 valence electrons. The van der Waals surface area contributed by atoms with Crippen molar-refractivity contribution in [3.8, 4) is 0 Å². The van der Waals surface area contributed by atoms with E-state index in [4.69, 9.17) is 8.92 Å². The van der Waals surface area contributed by atoms with Gasteiger partial charge in [0.15, 0.2) is 11.1 Å². The van der Waals surface area contributed by atoms with E-state index >= 15 is 0 Å². The molecule has 1 fully saturated rings. The Kier molecular flexibility index (Phi) is 6.13. The number of ether oxygens (including phenoxy) is 1. The molecule has 1 aliphatic heterocycles. The van der Waals surface area contributed by atoms with Crippen LogP contribution in [-0.4, -0.2) is 29.5 Å². The van der Waals surface area contributed by atoms with E-state index in [0.29, 0.717) is 6.61 Å². The minimum Gasteiger partial charge on any atom is -0.412 e. The summed E-state index contributed by atoms with van der Waals surface area (Å²) in [5, 5.41) is 0. The molecular weight excluding hydrogens is 264 g/mol. The van der Waals surface area contributed by atoms with Crippen molar-refractivity contribution in [3.05, 3.63) is 29.8 Å². The van der Waals surface area contributed by atoms with Crippen LogP contribution >= 0.6 is 0 Å². The zero-order valence-electron chi connectivity index (χ0n) is 11.5. The van der Waals surface area contributed by atoms with Crippen molar-refractivity contribution in [1.82, 2.24) is 0 Å². The number of hydrogen-bond acceptors (Lipinski definition) is 3. The fraction of sp³-hybridized carbons (Fsp3) is 0.571. The van der Waals surface area contributed by atoms with Crippen molar-refractivity contribution in [3.63, 3.8) is 0 Å². The molecule has 19 heavy (non-hydrogen) atoms. The normalized spacial score (nSPS) is 19.5. The van der Waals surface area contributed by atoms with E-state index in [1.54, 1.807) is 0 Å². The van der Waals surface area contributed by atoms with Crippen molar-refractivity contribution in [2.75, 3.05) is 19.8 Å². The summed E-state index contributed by atoms with van der Waals surface area (Å²) in [5.74, 6) is 0. The van der Waals surface area contributed by atoms with Gasteiger partial charge >= 0.3 is 0 Å². The minimum absolute atomic E-state index is 0. The molecule has 1 aromatic carbocycles. The molecule has 2 N–H and O–H groups in total. The third kappa shape index (κ3) is 4.69. The molecule has 0 saturated carbocycles. The molecule has 0 spiro atoms. The molecule has 1 heterocycles. The zero-order chi connectivity index (χ0) is 13.0. The van der Waals surface area contributed by atoms with E-state index in [0.717, 1.165) is 36.5 Å². The Hall–Kier alpha value is -0.750. The number of aryl methyl sites for hydroxylation is 1. The molecule has 0 radical (unpaired) electrons. The van der Waals surface area contributed by atoms with Crippen LogP contribution in [0.3, 0.4) is 0 Å². The second-order valence-corrected chi connectivity index (χ2v) is 6.41. The lowest BCUT2D eigenvalue weighted by atomic mass is 9.84. The third-order valence-corrected chi connectivity index (χ3v) is 4.42. The van der Waals surface area contributed by atoms with Gasteiger partial charge < -0.3 is 10.2 Å².